The van der Waals surface area contributed by atoms with E-state index >= 15 is 0 Å². The fourth-order valence-corrected chi connectivity index (χ4v) is 1.82. The first-order valence-corrected chi connectivity index (χ1v) is 5.96. The van der Waals surface area contributed by atoms with E-state index in [2.05, 4.69) is 9.47 Å². The summed E-state index contributed by atoms with van der Waals surface area (Å²) in [5.41, 5.74) is 1.78. The van der Waals surface area contributed by atoms with Crippen LogP contribution in [0.1, 0.15) is 11.1 Å². The molecule has 1 rings (SSSR count). The van der Waals surface area contributed by atoms with Gasteiger partial charge in [-0.25, -0.2) is 0 Å². The van der Waals surface area contributed by atoms with Gasteiger partial charge in [-0.15, -0.1) is 0 Å². The maximum atomic E-state index is 11.6. The van der Waals surface area contributed by atoms with Crippen LogP contribution in [0.25, 0.3) is 0 Å². The van der Waals surface area contributed by atoms with Crippen LogP contribution in [0.15, 0.2) is 24.3 Å². The summed E-state index contributed by atoms with van der Waals surface area (Å²) in [6.07, 6.45) is 0.758. The monoisotopic (exact) mass is 266 g/mol. The van der Waals surface area contributed by atoms with Gasteiger partial charge in [-0.3, -0.25) is 9.59 Å². The Bertz CT molecular complexity index is 425. The first kappa shape index (κ1) is 15.2. The van der Waals surface area contributed by atoms with E-state index in [4.69, 9.17) is 5.11 Å². The molecule has 104 valence electrons. The van der Waals surface area contributed by atoms with E-state index in [1.807, 2.05) is 24.3 Å². The number of aliphatic hydroxyl groups excluding tert-OH is 1. The molecule has 1 N–H and O–H groups in total. The van der Waals surface area contributed by atoms with Crippen molar-refractivity contribution in [1.29, 1.82) is 0 Å². The number of hydrogen-bond donors (Lipinski definition) is 1. The molecule has 0 bridgehead atoms. The van der Waals surface area contributed by atoms with Crippen LogP contribution in [0, 0.1) is 5.92 Å². The van der Waals surface area contributed by atoms with Gasteiger partial charge in [0.15, 0.2) is 5.92 Å². The molecule has 1 aromatic carbocycles. The van der Waals surface area contributed by atoms with E-state index in [1.54, 1.807) is 0 Å². The third-order valence-electron chi connectivity index (χ3n) is 2.80. The van der Waals surface area contributed by atoms with Gasteiger partial charge < -0.3 is 14.6 Å². The number of benzene rings is 1. The second-order valence-electron chi connectivity index (χ2n) is 4.10. The Morgan fingerprint density at radius 2 is 1.74 bits per heavy atom. The first-order chi connectivity index (χ1) is 9.12. The average Bonchev–Trinajstić information content (AvgIpc) is 2.44. The molecule has 0 saturated carbocycles. The average molecular weight is 266 g/mol. The topological polar surface area (TPSA) is 72.8 Å². The van der Waals surface area contributed by atoms with E-state index in [9.17, 15) is 9.59 Å². The minimum atomic E-state index is -0.959. The van der Waals surface area contributed by atoms with Gasteiger partial charge in [0.25, 0.3) is 0 Å². The van der Waals surface area contributed by atoms with Crippen molar-refractivity contribution in [2.24, 2.45) is 5.92 Å². The summed E-state index contributed by atoms with van der Waals surface area (Å²) < 4.78 is 9.21. The highest BCUT2D eigenvalue weighted by Gasteiger charge is 2.28. The molecule has 0 amide bonds. The smallest absolute Gasteiger partial charge is 0.320 e. The van der Waals surface area contributed by atoms with Gasteiger partial charge in [0, 0.05) is 6.61 Å². The molecule has 0 radical (unpaired) electrons. The Labute approximate surface area is 112 Å². The Kier molecular flexibility index (Phi) is 6.02. The van der Waals surface area contributed by atoms with Crippen molar-refractivity contribution in [2.45, 2.75) is 12.8 Å². The van der Waals surface area contributed by atoms with Crippen molar-refractivity contribution in [2.75, 3.05) is 20.8 Å². The zero-order valence-electron chi connectivity index (χ0n) is 11.1. The van der Waals surface area contributed by atoms with Crippen LogP contribution < -0.4 is 0 Å². The van der Waals surface area contributed by atoms with Crippen molar-refractivity contribution >= 4 is 11.9 Å². The summed E-state index contributed by atoms with van der Waals surface area (Å²) in [6.45, 7) is 0.0564. The van der Waals surface area contributed by atoms with Gasteiger partial charge >= 0.3 is 11.9 Å². The van der Waals surface area contributed by atoms with Gasteiger partial charge in [-0.05, 0) is 24.0 Å². The largest absolute Gasteiger partial charge is 0.468 e. The van der Waals surface area contributed by atoms with Crippen LogP contribution in [0.2, 0.25) is 0 Å². The molecule has 0 atom stereocenters. The SMILES string of the molecule is COC(=O)C(Cc1cccc(CCO)c1)C(=O)OC. The Hall–Kier alpha value is -1.88. The number of carbonyl (C=O) groups excluding carboxylic acids is 2. The summed E-state index contributed by atoms with van der Waals surface area (Å²) in [5.74, 6) is -2.18. The fourth-order valence-electron chi connectivity index (χ4n) is 1.82. The third kappa shape index (κ3) is 4.37. The molecule has 0 aliphatic heterocycles. The summed E-state index contributed by atoms with van der Waals surface area (Å²) in [5, 5.41) is 8.90. The van der Waals surface area contributed by atoms with E-state index < -0.39 is 17.9 Å². The van der Waals surface area contributed by atoms with Gasteiger partial charge in [0.1, 0.15) is 0 Å². The van der Waals surface area contributed by atoms with Gasteiger partial charge in [0.05, 0.1) is 14.2 Å². The van der Waals surface area contributed by atoms with Crippen LogP contribution in [-0.4, -0.2) is 37.9 Å². The number of hydrogen-bond acceptors (Lipinski definition) is 5. The number of aliphatic hydroxyl groups is 1. The van der Waals surface area contributed by atoms with Gasteiger partial charge in [-0.1, -0.05) is 24.3 Å². The highest BCUT2D eigenvalue weighted by molar-refractivity contribution is 5.95. The van der Waals surface area contributed by atoms with E-state index in [-0.39, 0.29) is 13.0 Å². The maximum Gasteiger partial charge on any atom is 0.320 e. The Balaban J connectivity index is 2.86. The van der Waals surface area contributed by atoms with Crippen molar-refractivity contribution in [3.05, 3.63) is 35.4 Å². The number of methoxy groups -OCH3 is 2. The van der Waals surface area contributed by atoms with Crippen molar-refractivity contribution in [3.63, 3.8) is 0 Å². The Morgan fingerprint density at radius 3 is 2.26 bits per heavy atom. The second kappa shape index (κ2) is 7.53. The van der Waals surface area contributed by atoms with Crippen molar-refractivity contribution in [3.8, 4) is 0 Å². The van der Waals surface area contributed by atoms with Crippen LogP contribution in [0.5, 0.6) is 0 Å². The second-order valence-corrected chi connectivity index (χ2v) is 4.10. The number of esters is 2. The fraction of sp³-hybridized carbons (Fsp3) is 0.429. The summed E-state index contributed by atoms with van der Waals surface area (Å²) in [6, 6.07) is 7.38. The summed E-state index contributed by atoms with van der Waals surface area (Å²) in [4.78, 5) is 23.1. The molecular formula is C14H18O5. The van der Waals surface area contributed by atoms with Crippen molar-refractivity contribution in [1.82, 2.24) is 0 Å². The first-order valence-electron chi connectivity index (χ1n) is 5.96. The van der Waals surface area contributed by atoms with Crippen molar-refractivity contribution < 1.29 is 24.2 Å². The predicted molar refractivity (Wildman–Crippen MR) is 68.5 cm³/mol. The molecule has 0 heterocycles. The molecule has 19 heavy (non-hydrogen) atoms. The van der Waals surface area contributed by atoms with Gasteiger partial charge in [0.2, 0.25) is 0 Å². The minimum Gasteiger partial charge on any atom is -0.468 e. The Morgan fingerprint density at radius 1 is 1.16 bits per heavy atom. The highest BCUT2D eigenvalue weighted by atomic mass is 16.5. The quantitative estimate of drug-likeness (QED) is 0.607. The minimum absolute atomic E-state index is 0.0564. The van der Waals surface area contributed by atoms with Gasteiger partial charge in [-0.2, -0.15) is 0 Å². The molecular weight excluding hydrogens is 248 g/mol. The molecule has 5 nitrogen and oxygen atoms in total. The molecule has 0 spiro atoms. The third-order valence-corrected chi connectivity index (χ3v) is 2.80. The zero-order valence-corrected chi connectivity index (χ0v) is 11.1. The zero-order chi connectivity index (χ0) is 14.3. The van der Waals surface area contributed by atoms with E-state index in [0.717, 1.165) is 11.1 Å². The van der Waals surface area contributed by atoms with Crippen LogP contribution in [-0.2, 0) is 31.9 Å². The highest BCUT2D eigenvalue weighted by Crippen LogP contribution is 2.14. The molecule has 0 unspecified atom stereocenters. The summed E-state index contributed by atoms with van der Waals surface area (Å²) in [7, 11) is 2.47. The molecule has 0 aliphatic rings. The lowest BCUT2D eigenvalue weighted by molar-refractivity contribution is -0.158. The standard InChI is InChI=1S/C14H18O5/c1-18-13(16)12(14(17)19-2)9-11-5-3-4-10(8-11)6-7-15/h3-5,8,12,15H,6-7,9H2,1-2H3. The molecule has 0 fully saturated rings. The predicted octanol–water partition coefficient (Wildman–Crippen LogP) is 0.726. The summed E-state index contributed by atoms with van der Waals surface area (Å²) >= 11 is 0. The lowest BCUT2D eigenvalue weighted by Crippen LogP contribution is -2.28. The van der Waals surface area contributed by atoms with Crippen LogP contribution in [0.4, 0.5) is 0 Å². The normalized spacial score (nSPS) is 10.3. The maximum absolute atomic E-state index is 11.6. The number of carbonyl (C=O) groups is 2. The lowest BCUT2D eigenvalue weighted by atomic mass is 9.97. The van der Waals surface area contributed by atoms with E-state index in [0.29, 0.717) is 6.42 Å². The molecule has 0 saturated heterocycles. The number of ether oxygens (including phenoxy) is 2. The molecule has 5 heteroatoms. The molecule has 1 aromatic rings. The molecule has 0 aliphatic carbocycles. The van der Waals surface area contributed by atoms with E-state index in [1.165, 1.54) is 14.2 Å². The molecule has 0 aromatic heterocycles. The van der Waals surface area contributed by atoms with Crippen LogP contribution in [0.3, 0.4) is 0 Å². The lowest BCUT2D eigenvalue weighted by Gasteiger charge is -2.13. The van der Waals surface area contributed by atoms with Crippen LogP contribution >= 0.6 is 0 Å². The number of rotatable bonds is 6.